The van der Waals surface area contributed by atoms with Crippen molar-refractivity contribution >= 4 is 26.7 Å². The Kier molecular flexibility index (Phi) is 3.77. The zero-order valence-electron chi connectivity index (χ0n) is 11.4. The van der Waals surface area contributed by atoms with Crippen LogP contribution in [0.25, 0.3) is 10.8 Å². The number of halogens is 3. The fourth-order valence-electron chi connectivity index (χ4n) is 2.40. The van der Waals surface area contributed by atoms with Gasteiger partial charge in [0.2, 0.25) is 0 Å². The Hall–Kier alpha value is -1.74. The Morgan fingerprint density at radius 2 is 1.57 bits per heavy atom. The summed E-state index contributed by atoms with van der Waals surface area (Å²) in [6.07, 6.45) is 0. The van der Waals surface area contributed by atoms with Crippen LogP contribution >= 0.6 is 15.9 Å². The van der Waals surface area contributed by atoms with Crippen LogP contribution in [-0.2, 0) is 0 Å². The van der Waals surface area contributed by atoms with Crippen molar-refractivity contribution in [3.05, 3.63) is 82.9 Å². The molecule has 0 fully saturated rings. The van der Waals surface area contributed by atoms with Crippen LogP contribution in [0.15, 0.2) is 54.6 Å². The van der Waals surface area contributed by atoms with Crippen molar-refractivity contribution in [2.75, 3.05) is 0 Å². The summed E-state index contributed by atoms with van der Waals surface area (Å²) in [5.74, 6) is -0.791. The standard InChI is InChI=1S/C18H13BrF2/c1-11-8-17(21)15(10-16(11)20)18(19)14-7-6-12-4-2-3-5-13(12)9-14/h2-10,18H,1H3. The lowest BCUT2D eigenvalue weighted by molar-refractivity contribution is 0.581. The van der Waals surface area contributed by atoms with E-state index in [1.165, 1.54) is 12.1 Å². The lowest BCUT2D eigenvalue weighted by Gasteiger charge is -2.14. The van der Waals surface area contributed by atoms with Gasteiger partial charge in [-0.25, -0.2) is 8.78 Å². The molecule has 0 bridgehead atoms. The topological polar surface area (TPSA) is 0 Å². The van der Waals surface area contributed by atoms with Crippen LogP contribution in [0.2, 0.25) is 0 Å². The van der Waals surface area contributed by atoms with Gasteiger partial charge >= 0.3 is 0 Å². The van der Waals surface area contributed by atoms with E-state index in [0.717, 1.165) is 16.3 Å². The molecule has 0 aliphatic heterocycles. The molecule has 106 valence electrons. The smallest absolute Gasteiger partial charge is 0.128 e. The molecule has 0 aliphatic carbocycles. The van der Waals surface area contributed by atoms with Crippen LogP contribution in [0.1, 0.15) is 21.5 Å². The molecule has 0 aliphatic rings. The van der Waals surface area contributed by atoms with Crippen LogP contribution in [0.3, 0.4) is 0 Å². The van der Waals surface area contributed by atoms with Gasteiger partial charge in [0.25, 0.3) is 0 Å². The van der Waals surface area contributed by atoms with E-state index in [1.807, 2.05) is 42.5 Å². The van der Waals surface area contributed by atoms with E-state index < -0.39 is 11.6 Å². The van der Waals surface area contributed by atoms with E-state index >= 15 is 0 Å². The van der Waals surface area contributed by atoms with Gasteiger partial charge < -0.3 is 0 Å². The summed E-state index contributed by atoms with van der Waals surface area (Å²) in [5, 5.41) is 2.20. The average molecular weight is 347 g/mol. The van der Waals surface area contributed by atoms with Gasteiger partial charge in [-0.3, -0.25) is 0 Å². The third kappa shape index (κ3) is 2.70. The van der Waals surface area contributed by atoms with E-state index in [2.05, 4.69) is 15.9 Å². The number of rotatable bonds is 2. The molecule has 0 heterocycles. The average Bonchev–Trinajstić information content (AvgIpc) is 2.50. The zero-order valence-corrected chi connectivity index (χ0v) is 13.0. The molecule has 3 aromatic rings. The highest BCUT2D eigenvalue weighted by Gasteiger charge is 2.17. The first-order valence-corrected chi connectivity index (χ1v) is 7.56. The predicted octanol–water partition coefficient (Wildman–Crippen LogP) is 5.91. The lowest BCUT2D eigenvalue weighted by Crippen LogP contribution is -1.99. The van der Waals surface area contributed by atoms with Crippen LogP contribution in [0, 0.1) is 18.6 Å². The van der Waals surface area contributed by atoms with Crippen molar-refractivity contribution < 1.29 is 8.78 Å². The van der Waals surface area contributed by atoms with Crippen LogP contribution < -0.4 is 0 Å². The number of fused-ring (bicyclic) bond motifs is 1. The van der Waals surface area contributed by atoms with E-state index in [1.54, 1.807) is 6.92 Å². The highest BCUT2D eigenvalue weighted by molar-refractivity contribution is 9.09. The van der Waals surface area contributed by atoms with Gasteiger partial charge in [0.1, 0.15) is 11.6 Å². The molecule has 3 heteroatoms. The van der Waals surface area contributed by atoms with Crippen molar-refractivity contribution in [2.45, 2.75) is 11.8 Å². The molecule has 0 spiro atoms. The Morgan fingerprint density at radius 1 is 0.857 bits per heavy atom. The summed E-state index contributed by atoms with van der Waals surface area (Å²) in [7, 11) is 0. The van der Waals surface area contributed by atoms with Crippen LogP contribution in [0.5, 0.6) is 0 Å². The summed E-state index contributed by atoms with van der Waals surface area (Å²) in [5.41, 5.74) is 1.53. The summed E-state index contributed by atoms with van der Waals surface area (Å²) < 4.78 is 27.8. The number of hydrogen-bond donors (Lipinski definition) is 0. The first-order valence-electron chi connectivity index (χ1n) is 6.64. The minimum absolute atomic E-state index is 0.313. The van der Waals surface area contributed by atoms with E-state index in [4.69, 9.17) is 0 Å². The third-order valence-corrected chi connectivity index (χ3v) is 4.64. The number of hydrogen-bond acceptors (Lipinski definition) is 0. The molecule has 1 unspecified atom stereocenters. The molecule has 0 radical (unpaired) electrons. The molecule has 3 rings (SSSR count). The molecule has 1 atom stereocenters. The quantitative estimate of drug-likeness (QED) is 0.506. The minimum Gasteiger partial charge on any atom is -0.207 e. The van der Waals surface area contributed by atoms with Crippen LogP contribution in [-0.4, -0.2) is 0 Å². The third-order valence-electron chi connectivity index (χ3n) is 3.62. The first-order chi connectivity index (χ1) is 10.1. The molecule has 21 heavy (non-hydrogen) atoms. The maximum absolute atomic E-state index is 14.1. The Balaban J connectivity index is 2.07. The normalized spacial score (nSPS) is 12.6. The van der Waals surface area contributed by atoms with Gasteiger partial charge in [0, 0.05) is 5.56 Å². The lowest BCUT2D eigenvalue weighted by atomic mass is 10.00. The monoisotopic (exact) mass is 346 g/mol. The Morgan fingerprint density at radius 3 is 2.33 bits per heavy atom. The second-order valence-electron chi connectivity index (χ2n) is 5.09. The van der Waals surface area contributed by atoms with Crippen LogP contribution in [0.4, 0.5) is 8.78 Å². The number of alkyl halides is 1. The van der Waals surface area contributed by atoms with Gasteiger partial charge in [-0.2, -0.15) is 0 Å². The van der Waals surface area contributed by atoms with Gasteiger partial charge in [-0.05, 0) is 47.0 Å². The molecule has 0 N–H and O–H groups in total. The summed E-state index contributed by atoms with van der Waals surface area (Å²) in [6.45, 7) is 1.56. The van der Waals surface area contributed by atoms with Gasteiger partial charge in [0.05, 0.1) is 4.83 Å². The molecule has 0 aromatic heterocycles. The van der Waals surface area contributed by atoms with Crippen molar-refractivity contribution in [1.29, 1.82) is 0 Å². The van der Waals surface area contributed by atoms with E-state index in [-0.39, 0.29) is 4.83 Å². The largest absolute Gasteiger partial charge is 0.207 e. The Bertz CT molecular complexity index is 811. The molecule has 0 amide bonds. The van der Waals surface area contributed by atoms with E-state index in [9.17, 15) is 8.78 Å². The highest BCUT2D eigenvalue weighted by Crippen LogP contribution is 2.34. The predicted molar refractivity (Wildman–Crippen MR) is 85.8 cm³/mol. The first kappa shape index (κ1) is 14.2. The fraction of sp³-hybridized carbons (Fsp3) is 0.111. The summed E-state index contributed by atoms with van der Waals surface area (Å²) >= 11 is 3.48. The zero-order chi connectivity index (χ0) is 15.0. The molecular formula is C18H13BrF2. The Labute approximate surface area is 130 Å². The van der Waals surface area contributed by atoms with Gasteiger partial charge in [-0.15, -0.1) is 0 Å². The maximum Gasteiger partial charge on any atom is 0.128 e. The highest BCUT2D eigenvalue weighted by atomic mass is 79.9. The second kappa shape index (κ2) is 5.57. The summed E-state index contributed by atoms with van der Waals surface area (Å²) in [4.78, 5) is -0.378. The minimum atomic E-state index is -0.399. The molecule has 0 saturated carbocycles. The van der Waals surface area contributed by atoms with Gasteiger partial charge in [0.15, 0.2) is 0 Å². The molecule has 0 saturated heterocycles. The molecule has 0 nitrogen and oxygen atoms in total. The van der Waals surface area contributed by atoms with Crippen molar-refractivity contribution in [2.24, 2.45) is 0 Å². The van der Waals surface area contributed by atoms with Crippen molar-refractivity contribution in [1.82, 2.24) is 0 Å². The van der Waals surface area contributed by atoms with Crippen molar-refractivity contribution in [3.8, 4) is 0 Å². The SMILES string of the molecule is Cc1cc(F)c(C(Br)c2ccc3ccccc3c2)cc1F. The number of aryl methyl sites for hydroxylation is 1. The second-order valence-corrected chi connectivity index (χ2v) is 6.01. The fourth-order valence-corrected chi connectivity index (χ4v) is 3.04. The van der Waals surface area contributed by atoms with Gasteiger partial charge in [-0.1, -0.05) is 52.3 Å². The number of benzene rings is 3. The maximum atomic E-state index is 14.1. The molecular weight excluding hydrogens is 334 g/mol. The van der Waals surface area contributed by atoms with E-state index in [0.29, 0.717) is 11.1 Å². The summed E-state index contributed by atoms with van der Waals surface area (Å²) in [6, 6.07) is 16.4. The van der Waals surface area contributed by atoms with Crippen molar-refractivity contribution in [3.63, 3.8) is 0 Å². The molecule has 3 aromatic carbocycles.